The van der Waals surface area contributed by atoms with Crippen molar-refractivity contribution in [2.24, 2.45) is 29.2 Å². The standard InChI is InChI=1S/C47H66N12O13/c1-4-23(3)39-45(71)55-29(10-12-34(48)61)42(68)56-31-20-38(65)58-17-15-33-46(58)59(33,47(31)72)32(44(70)50-16-14-25-19-27(25)40(66)54-28(5-2)41(67)52-21-35(49)62)11-13-36(63)51-22-37(64)53-30(43(69)57-39)18-24-6-8-26(60)9-7-24/h6-9,23,25,27-33,39,46H,4-5,10-22H2,1-3H3,(H12-,48,49,50,51,52,53,54,55,56,57,60,61,62,63,64,66,67,68,69,70,71)/p+1. The Morgan fingerprint density at radius 3 is 2.19 bits per heavy atom. The Bertz CT molecular complexity index is 2330. The van der Waals surface area contributed by atoms with E-state index in [2.05, 4.69) is 42.5 Å². The first-order valence-electron chi connectivity index (χ1n) is 24.6. The molecular weight excluding hydrogens is 941 g/mol. The highest BCUT2D eigenvalue weighted by atomic mass is 16.3. The van der Waals surface area contributed by atoms with Crippen LogP contribution in [-0.2, 0) is 64.0 Å². The topological polar surface area (TPSA) is 377 Å². The van der Waals surface area contributed by atoms with E-state index < -0.39 is 143 Å². The van der Waals surface area contributed by atoms with Crippen LogP contribution in [-0.4, -0.2) is 160 Å². The first kappa shape index (κ1) is 54.2. The number of phenolic OH excluding ortho intramolecular Hbond substituents is 1. The van der Waals surface area contributed by atoms with Gasteiger partial charge in [0.05, 0.1) is 19.5 Å². The Kier molecular flexibility index (Phi) is 17.6. The first-order valence-corrected chi connectivity index (χ1v) is 24.6. The van der Waals surface area contributed by atoms with Gasteiger partial charge in [0, 0.05) is 51.1 Å². The minimum atomic E-state index is -1.53. The number of hydrogen-bond acceptors (Lipinski definition) is 13. The smallest absolute Gasteiger partial charge is 0.339 e. The van der Waals surface area contributed by atoms with E-state index in [0.717, 1.165) is 0 Å². The third kappa shape index (κ3) is 12.6. The molecule has 5 aliphatic rings. The maximum Gasteiger partial charge on any atom is 0.339 e. The van der Waals surface area contributed by atoms with Crippen molar-refractivity contribution in [2.75, 3.05) is 26.2 Å². The molecule has 1 aliphatic carbocycles. The fourth-order valence-electron chi connectivity index (χ4n) is 10.3. The molecule has 12 atom stereocenters. The van der Waals surface area contributed by atoms with Gasteiger partial charge in [-0.15, -0.1) is 0 Å². The Morgan fingerprint density at radius 2 is 1.53 bits per heavy atom. The highest BCUT2D eigenvalue weighted by Gasteiger charge is 2.82. The highest BCUT2D eigenvalue weighted by molar-refractivity contribution is 5.98. The van der Waals surface area contributed by atoms with Crippen LogP contribution in [0.4, 0.5) is 0 Å². The molecule has 12 unspecified atom stereocenters. The van der Waals surface area contributed by atoms with Crippen molar-refractivity contribution in [3.63, 3.8) is 0 Å². The summed E-state index contributed by atoms with van der Waals surface area (Å²) in [6.07, 6.45) is -1.07. The number of carbonyl (C=O) groups is 12. The summed E-state index contributed by atoms with van der Waals surface area (Å²) < 4.78 is -0.597. The molecule has 72 heavy (non-hydrogen) atoms. The summed E-state index contributed by atoms with van der Waals surface area (Å²) in [7, 11) is 0. The lowest BCUT2D eigenvalue weighted by Gasteiger charge is -2.32. The number of rotatable bonds is 17. The van der Waals surface area contributed by atoms with Crippen molar-refractivity contribution in [2.45, 2.75) is 140 Å². The molecule has 4 heterocycles. The average molecular weight is 1010 g/mol. The van der Waals surface area contributed by atoms with Crippen LogP contribution < -0.4 is 54.0 Å². The number of nitrogens with two attached hydrogens (primary N) is 2. The molecule has 12 amide bonds. The SMILES string of the molecule is CCC(NC(=O)C1CC1CCNC(=O)C1CCC(=O)NCC(=O)NC(Cc2ccc(O)cc2)C(=O)NC(C(C)CC)C(=O)NC(CCC(N)=O)C(=O)NC2CC(=O)N3CCC4C3[N+]14C2=O)C(=O)NCC(N)=O. The molecule has 5 fully saturated rings. The van der Waals surface area contributed by atoms with Crippen LogP contribution in [0.15, 0.2) is 24.3 Å². The van der Waals surface area contributed by atoms with Gasteiger partial charge in [-0.2, -0.15) is 0 Å². The van der Waals surface area contributed by atoms with E-state index in [1.807, 2.05) is 0 Å². The Labute approximate surface area is 415 Å². The van der Waals surface area contributed by atoms with Crippen LogP contribution in [0.3, 0.4) is 0 Å². The summed E-state index contributed by atoms with van der Waals surface area (Å²) in [5, 5.41) is 30.9. The fourth-order valence-corrected chi connectivity index (χ4v) is 10.3. The van der Waals surface area contributed by atoms with Crippen LogP contribution in [0.25, 0.3) is 0 Å². The van der Waals surface area contributed by atoms with Crippen LogP contribution >= 0.6 is 0 Å². The fraction of sp³-hybridized carbons (Fsp3) is 0.617. The van der Waals surface area contributed by atoms with Crippen molar-refractivity contribution in [3.8, 4) is 5.75 Å². The molecule has 1 spiro atoms. The molecule has 1 aromatic carbocycles. The zero-order valence-electron chi connectivity index (χ0n) is 40.7. The summed E-state index contributed by atoms with van der Waals surface area (Å²) >= 11 is 0. The number of carbonyl (C=O) groups excluding carboxylic acids is 12. The molecule has 25 heteroatoms. The molecule has 25 nitrogen and oxygen atoms in total. The van der Waals surface area contributed by atoms with Gasteiger partial charge in [-0.1, -0.05) is 39.3 Å². The van der Waals surface area contributed by atoms with Crippen molar-refractivity contribution in [3.05, 3.63) is 29.8 Å². The Hall–Kier alpha value is -7.18. The number of nitrogens with one attached hydrogen (secondary N) is 8. The number of phenols is 1. The minimum Gasteiger partial charge on any atom is -0.508 e. The van der Waals surface area contributed by atoms with Gasteiger partial charge in [0.25, 0.3) is 5.91 Å². The lowest BCUT2D eigenvalue weighted by Crippen LogP contribution is -2.63. The number of nitrogens with zero attached hydrogens (tertiary/aromatic N) is 2. The van der Waals surface area contributed by atoms with Gasteiger partial charge in [0.1, 0.15) is 29.9 Å². The Morgan fingerprint density at radius 1 is 0.819 bits per heavy atom. The predicted molar refractivity (Wildman–Crippen MR) is 251 cm³/mol. The van der Waals surface area contributed by atoms with Crippen LogP contribution in [0.5, 0.6) is 5.75 Å². The number of benzene rings is 1. The van der Waals surface area contributed by atoms with Gasteiger partial charge >= 0.3 is 5.91 Å². The van der Waals surface area contributed by atoms with Crippen molar-refractivity contribution in [1.82, 2.24) is 47.4 Å². The summed E-state index contributed by atoms with van der Waals surface area (Å²) in [5.74, 6) is -9.62. The molecule has 2 bridgehead atoms. The number of amides is 12. The monoisotopic (exact) mass is 1010 g/mol. The minimum absolute atomic E-state index is 0.0383. The Balaban J connectivity index is 1.26. The molecule has 1 saturated carbocycles. The number of hydrogen-bond donors (Lipinski definition) is 11. The second kappa shape index (κ2) is 23.4. The molecule has 0 radical (unpaired) electrons. The van der Waals surface area contributed by atoms with E-state index in [1.165, 1.54) is 29.2 Å². The van der Waals surface area contributed by atoms with E-state index >= 15 is 4.79 Å². The average Bonchev–Trinajstić information content (AvgIpc) is 4.21. The van der Waals surface area contributed by atoms with Gasteiger partial charge in [-0.3, -0.25) is 57.6 Å². The van der Waals surface area contributed by atoms with Crippen molar-refractivity contribution >= 4 is 70.9 Å². The van der Waals surface area contributed by atoms with Crippen LogP contribution in [0, 0.1) is 17.8 Å². The summed E-state index contributed by atoms with van der Waals surface area (Å²) in [4.78, 5) is 164. The van der Waals surface area contributed by atoms with Gasteiger partial charge < -0.3 is 59.1 Å². The number of fused-ring (bicyclic) bond motifs is 1. The molecule has 0 aromatic heterocycles. The normalized spacial score (nSPS) is 29.5. The van der Waals surface area contributed by atoms with Gasteiger partial charge in [0.2, 0.25) is 65.2 Å². The van der Waals surface area contributed by atoms with Gasteiger partial charge in [-0.25, -0.2) is 9.28 Å². The van der Waals surface area contributed by atoms with Crippen LogP contribution in [0.2, 0.25) is 0 Å². The van der Waals surface area contributed by atoms with E-state index in [-0.39, 0.29) is 75.7 Å². The zero-order chi connectivity index (χ0) is 52.6. The third-order valence-electron chi connectivity index (χ3n) is 14.5. The number of aromatic hydroxyl groups is 1. The lowest BCUT2D eigenvalue weighted by atomic mass is 9.96. The first-order chi connectivity index (χ1) is 34.2. The number of quaternary nitrogens is 1. The van der Waals surface area contributed by atoms with Crippen molar-refractivity contribution < 1.29 is 67.1 Å². The highest BCUT2D eigenvalue weighted by Crippen LogP contribution is 2.54. The predicted octanol–water partition coefficient (Wildman–Crippen LogP) is -4.21. The summed E-state index contributed by atoms with van der Waals surface area (Å²) in [5.41, 5.74) is 11.1. The quantitative estimate of drug-likeness (QED) is 0.0522. The van der Waals surface area contributed by atoms with E-state index in [0.29, 0.717) is 31.2 Å². The van der Waals surface area contributed by atoms with E-state index in [1.54, 1.807) is 20.8 Å². The molecule has 4 saturated heterocycles. The third-order valence-corrected chi connectivity index (χ3v) is 14.5. The summed E-state index contributed by atoms with van der Waals surface area (Å²) in [6.45, 7) is 4.42. The molecule has 4 aliphatic heterocycles. The molecule has 392 valence electrons. The van der Waals surface area contributed by atoms with Crippen LogP contribution in [0.1, 0.15) is 90.5 Å². The second-order valence-corrected chi connectivity index (χ2v) is 19.4. The second-order valence-electron chi connectivity index (χ2n) is 19.4. The zero-order valence-corrected chi connectivity index (χ0v) is 40.7. The lowest BCUT2D eigenvalue weighted by molar-refractivity contribution is -0.777. The van der Waals surface area contributed by atoms with Gasteiger partial charge in [0.15, 0.2) is 18.1 Å². The molecule has 1 aromatic rings. The molecular formula is C47H67N12O13+. The molecule has 6 rings (SSSR count). The maximum atomic E-state index is 15.1. The van der Waals surface area contributed by atoms with Crippen molar-refractivity contribution in [1.29, 1.82) is 0 Å². The number of primary amides is 2. The maximum absolute atomic E-state index is 15.1. The largest absolute Gasteiger partial charge is 0.508 e. The molecule has 13 N–H and O–H groups in total. The van der Waals surface area contributed by atoms with E-state index in [4.69, 9.17) is 11.5 Å². The summed E-state index contributed by atoms with van der Waals surface area (Å²) in [6, 6.07) is -2.61. The van der Waals surface area contributed by atoms with Gasteiger partial charge in [-0.05, 0) is 55.2 Å². The van der Waals surface area contributed by atoms with E-state index in [9.17, 15) is 57.8 Å².